The van der Waals surface area contributed by atoms with E-state index in [1.165, 1.54) is 11.3 Å². The van der Waals surface area contributed by atoms with Crippen molar-refractivity contribution in [1.82, 2.24) is 10.1 Å². The van der Waals surface area contributed by atoms with Crippen LogP contribution < -0.4 is 5.32 Å². The van der Waals surface area contributed by atoms with Crippen molar-refractivity contribution in [3.63, 3.8) is 0 Å². The summed E-state index contributed by atoms with van der Waals surface area (Å²) in [6.45, 7) is 6.03. The highest BCUT2D eigenvalue weighted by atomic mass is 32.1. The zero-order chi connectivity index (χ0) is 20.8. The van der Waals surface area contributed by atoms with Crippen molar-refractivity contribution in [1.29, 1.82) is 0 Å². The summed E-state index contributed by atoms with van der Waals surface area (Å²) in [6, 6.07) is 9.58. The number of benzene rings is 1. The van der Waals surface area contributed by atoms with Crippen LogP contribution in [0, 0.1) is 6.92 Å². The number of aromatic nitrogens is 2. The number of anilines is 1. The molecule has 0 atom stereocenters. The maximum atomic E-state index is 12.4. The Labute approximate surface area is 173 Å². The van der Waals surface area contributed by atoms with E-state index in [1.54, 1.807) is 13.0 Å². The van der Waals surface area contributed by atoms with E-state index >= 15 is 0 Å². The number of thiophene rings is 1. The quantitative estimate of drug-likeness (QED) is 0.550. The second-order valence-electron chi connectivity index (χ2n) is 6.46. The van der Waals surface area contributed by atoms with Gasteiger partial charge in [0, 0.05) is 23.3 Å². The fraction of sp³-hybridized carbons (Fsp3) is 0.333. The molecule has 2 heterocycles. The van der Waals surface area contributed by atoms with Gasteiger partial charge in [0.1, 0.15) is 5.00 Å². The lowest BCUT2D eigenvalue weighted by Gasteiger charge is -2.05. The molecule has 1 N–H and O–H groups in total. The fourth-order valence-corrected chi connectivity index (χ4v) is 3.66. The third kappa shape index (κ3) is 5.29. The molecule has 0 bridgehead atoms. The van der Waals surface area contributed by atoms with E-state index in [4.69, 9.17) is 9.26 Å². The van der Waals surface area contributed by atoms with Crippen LogP contribution in [0.2, 0.25) is 0 Å². The Hall–Kier alpha value is -3.00. The summed E-state index contributed by atoms with van der Waals surface area (Å²) < 4.78 is 10.3. The van der Waals surface area contributed by atoms with E-state index in [0.29, 0.717) is 28.7 Å². The van der Waals surface area contributed by atoms with Gasteiger partial charge < -0.3 is 14.6 Å². The van der Waals surface area contributed by atoms with Gasteiger partial charge in [0.05, 0.1) is 12.2 Å². The zero-order valence-electron chi connectivity index (χ0n) is 16.7. The zero-order valence-corrected chi connectivity index (χ0v) is 17.5. The number of hydrogen-bond donors (Lipinski definition) is 1. The van der Waals surface area contributed by atoms with Crippen LogP contribution in [0.15, 0.2) is 34.9 Å². The molecule has 0 aliphatic heterocycles. The number of ether oxygens (including phenoxy) is 1. The number of amides is 1. The van der Waals surface area contributed by atoms with E-state index in [-0.39, 0.29) is 18.9 Å². The van der Waals surface area contributed by atoms with Crippen LogP contribution in [-0.4, -0.2) is 28.6 Å². The first-order chi connectivity index (χ1) is 14.0. The van der Waals surface area contributed by atoms with Crippen molar-refractivity contribution < 1.29 is 18.8 Å². The fourth-order valence-electron chi connectivity index (χ4n) is 2.66. The molecular formula is C21H23N3O4S. The molecule has 8 heteroatoms. The predicted molar refractivity (Wildman–Crippen MR) is 111 cm³/mol. The van der Waals surface area contributed by atoms with Crippen LogP contribution in [0.1, 0.15) is 47.0 Å². The molecule has 0 spiro atoms. The lowest BCUT2D eigenvalue weighted by Crippen LogP contribution is -2.14. The van der Waals surface area contributed by atoms with Gasteiger partial charge in [-0.3, -0.25) is 4.79 Å². The van der Waals surface area contributed by atoms with Gasteiger partial charge in [0.2, 0.25) is 17.6 Å². The van der Waals surface area contributed by atoms with Crippen LogP contribution in [0.5, 0.6) is 0 Å². The van der Waals surface area contributed by atoms with Gasteiger partial charge in [-0.15, -0.1) is 11.3 Å². The molecular weight excluding hydrogens is 390 g/mol. The molecule has 0 radical (unpaired) electrons. The Kier molecular flexibility index (Phi) is 6.77. The minimum atomic E-state index is -0.432. The number of rotatable bonds is 8. The average Bonchev–Trinajstić information content (AvgIpc) is 3.34. The molecule has 0 aliphatic carbocycles. The smallest absolute Gasteiger partial charge is 0.341 e. The van der Waals surface area contributed by atoms with Gasteiger partial charge in [-0.25, -0.2) is 4.79 Å². The summed E-state index contributed by atoms with van der Waals surface area (Å²) in [6.07, 6.45) is 1.25. The number of hydrogen-bond acceptors (Lipinski definition) is 7. The number of aryl methyl sites for hydroxylation is 3. The molecule has 2 aromatic heterocycles. The van der Waals surface area contributed by atoms with Crippen molar-refractivity contribution in [2.75, 3.05) is 11.9 Å². The lowest BCUT2D eigenvalue weighted by atomic mass is 10.1. The maximum Gasteiger partial charge on any atom is 0.341 e. The summed E-state index contributed by atoms with van der Waals surface area (Å²) in [4.78, 5) is 29.8. The van der Waals surface area contributed by atoms with Gasteiger partial charge in [-0.05, 0) is 26.3 Å². The summed E-state index contributed by atoms with van der Waals surface area (Å²) in [7, 11) is 0. The van der Waals surface area contributed by atoms with Gasteiger partial charge in [-0.1, -0.05) is 41.9 Å². The minimum Gasteiger partial charge on any atom is -0.462 e. The van der Waals surface area contributed by atoms with Crippen molar-refractivity contribution in [2.45, 2.75) is 40.0 Å². The summed E-state index contributed by atoms with van der Waals surface area (Å²) in [5.74, 6) is 0.228. The standard InChI is InChI=1S/C21H23N3O4S/c1-4-15-12-16(21(26)27-5-2)20(29-15)22-17(25)10-11-18-23-19(24-28-18)14-8-6-13(3)7-9-14/h6-9,12H,4-5,10-11H2,1-3H3,(H,22,25). The second kappa shape index (κ2) is 9.47. The Morgan fingerprint density at radius 2 is 1.97 bits per heavy atom. The molecule has 0 saturated carbocycles. The molecule has 0 aliphatic rings. The average molecular weight is 413 g/mol. The van der Waals surface area contributed by atoms with Crippen LogP contribution in [-0.2, 0) is 22.4 Å². The first kappa shape index (κ1) is 20.7. The first-order valence-electron chi connectivity index (χ1n) is 9.49. The van der Waals surface area contributed by atoms with Crippen LogP contribution in [0.3, 0.4) is 0 Å². The number of carbonyl (C=O) groups is 2. The van der Waals surface area contributed by atoms with Crippen molar-refractivity contribution in [3.8, 4) is 11.4 Å². The van der Waals surface area contributed by atoms with Gasteiger partial charge in [0.25, 0.3) is 0 Å². The van der Waals surface area contributed by atoms with Crippen LogP contribution >= 0.6 is 11.3 Å². The summed E-state index contributed by atoms with van der Waals surface area (Å²) >= 11 is 1.38. The molecule has 1 amide bonds. The highest BCUT2D eigenvalue weighted by Gasteiger charge is 2.19. The molecule has 29 heavy (non-hydrogen) atoms. The van der Waals surface area contributed by atoms with Crippen molar-refractivity contribution >= 4 is 28.2 Å². The summed E-state index contributed by atoms with van der Waals surface area (Å²) in [5, 5.41) is 7.29. The van der Waals surface area contributed by atoms with Crippen LogP contribution in [0.25, 0.3) is 11.4 Å². The SMILES string of the molecule is CCOC(=O)c1cc(CC)sc1NC(=O)CCc1nc(-c2ccc(C)cc2)no1. The number of esters is 1. The Morgan fingerprint density at radius 3 is 2.66 bits per heavy atom. The second-order valence-corrected chi connectivity index (χ2v) is 7.59. The molecule has 3 rings (SSSR count). The van der Waals surface area contributed by atoms with E-state index in [9.17, 15) is 9.59 Å². The van der Waals surface area contributed by atoms with Gasteiger partial charge >= 0.3 is 5.97 Å². The van der Waals surface area contributed by atoms with E-state index in [0.717, 1.165) is 22.4 Å². The molecule has 0 unspecified atom stereocenters. The van der Waals surface area contributed by atoms with Crippen molar-refractivity contribution in [2.24, 2.45) is 0 Å². The molecule has 0 fully saturated rings. The third-order valence-electron chi connectivity index (χ3n) is 4.22. The van der Waals surface area contributed by atoms with Crippen molar-refractivity contribution in [3.05, 3.63) is 52.2 Å². The van der Waals surface area contributed by atoms with Gasteiger partial charge in [0.15, 0.2) is 0 Å². The third-order valence-corrected chi connectivity index (χ3v) is 5.42. The normalized spacial score (nSPS) is 10.7. The van der Waals surface area contributed by atoms with E-state index < -0.39 is 5.97 Å². The Bertz CT molecular complexity index is 992. The highest BCUT2D eigenvalue weighted by molar-refractivity contribution is 7.16. The largest absolute Gasteiger partial charge is 0.462 e. The first-order valence-corrected chi connectivity index (χ1v) is 10.3. The van der Waals surface area contributed by atoms with Gasteiger partial charge in [-0.2, -0.15) is 4.98 Å². The van der Waals surface area contributed by atoms with E-state index in [1.807, 2.05) is 38.1 Å². The molecule has 7 nitrogen and oxygen atoms in total. The number of nitrogens with zero attached hydrogens (tertiary/aromatic N) is 2. The molecule has 3 aromatic rings. The Balaban J connectivity index is 1.61. The number of nitrogens with one attached hydrogen (secondary N) is 1. The minimum absolute atomic E-state index is 0.164. The summed E-state index contributed by atoms with van der Waals surface area (Å²) in [5.41, 5.74) is 2.40. The van der Waals surface area contributed by atoms with Crippen LogP contribution in [0.4, 0.5) is 5.00 Å². The molecule has 0 saturated heterocycles. The number of carbonyl (C=O) groups excluding carboxylic acids is 2. The topological polar surface area (TPSA) is 94.3 Å². The molecule has 1 aromatic carbocycles. The Morgan fingerprint density at radius 1 is 1.21 bits per heavy atom. The van der Waals surface area contributed by atoms with E-state index in [2.05, 4.69) is 15.5 Å². The molecule has 152 valence electrons. The maximum absolute atomic E-state index is 12.4. The predicted octanol–water partition coefficient (Wildman–Crippen LogP) is 4.42. The monoisotopic (exact) mass is 413 g/mol. The lowest BCUT2D eigenvalue weighted by molar-refractivity contribution is -0.116. The highest BCUT2D eigenvalue weighted by Crippen LogP contribution is 2.29.